The molecule has 0 aliphatic carbocycles. The molecule has 1 saturated heterocycles. The van der Waals surface area contributed by atoms with Gasteiger partial charge in [-0.2, -0.15) is 0 Å². The Bertz CT molecular complexity index is 955. The normalized spacial score (nSPS) is 23.8. The monoisotopic (exact) mass is 386 g/mol. The first-order chi connectivity index (χ1) is 12.4. The summed E-state index contributed by atoms with van der Waals surface area (Å²) in [5.41, 5.74) is 4.86. The van der Waals surface area contributed by atoms with E-state index in [0.29, 0.717) is 0 Å². The summed E-state index contributed by atoms with van der Waals surface area (Å²) in [5.74, 6) is 1.17. The van der Waals surface area contributed by atoms with E-state index in [1.54, 1.807) is 11.8 Å². The van der Waals surface area contributed by atoms with E-state index in [9.17, 15) is 8.42 Å². The molecule has 4 rings (SSSR count). The van der Waals surface area contributed by atoms with Crippen LogP contribution in [0.15, 0.2) is 53.5 Å². The van der Waals surface area contributed by atoms with Crippen LogP contribution in [0.25, 0.3) is 0 Å². The zero-order chi connectivity index (χ0) is 18.3. The summed E-state index contributed by atoms with van der Waals surface area (Å²) in [7, 11) is -3.01. The van der Waals surface area contributed by atoms with E-state index in [-0.39, 0.29) is 23.6 Å². The number of aryl methyl sites for hydroxylation is 2. The van der Waals surface area contributed by atoms with Gasteiger partial charge in [0.25, 0.3) is 0 Å². The summed E-state index contributed by atoms with van der Waals surface area (Å²) in [6, 6.07) is 16.3. The van der Waals surface area contributed by atoms with Crippen LogP contribution in [-0.4, -0.2) is 37.2 Å². The maximum absolute atomic E-state index is 12.1. The molecule has 4 nitrogen and oxygen atoms in total. The van der Waals surface area contributed by atoms with Crippen molar-refractivity contribution in [2.45, 2.75) is 31.7 Å². The number of hydrogen-bond donors (Lipinski definition) is 0. The Kier molecular flexibility index (Phi) is 4.57. The summed E-state index contributed by atoms with van der Waals surface area (Å²) >= 11 is 1.69. The van der Waals surface area contributed by atoms with E-state index in [2.05, 4.69) is 36.9 Å². The molecule has 0 aromatic heterocycles. The fourth-order valence-electron chi connectivity index (χ4n) is 3.56. The molecule has 0 amide bonds. The summed E-state index contributed by atoms with van der Waals surface area (Å²) in [4.78, 5) is 6.91. The lowest BCUT2D eigenvalue weighted by Gasteiger charge is -2.26. The molecule has 0 N–H and O–H groups in total. The molecule has 0 saturated carbocycles. The third-order valence-corrected chi connectivity index (χ3v) is 7.82. The summed E-state index contributed by atoms with van der Waals surface area (Å²) in [6.45, 7) is 4.24. The van der Waals surface area contributed by atoms with Crippen molar-refractivity contribution < 1.29 is 8.42 Å². The van der Waals surface area contributed by atoms with E-state index < -0.39 is 9.84 Å². The fourth-order valence-corrected chi connectivity index (χ4v) is 6.47. The van der Waals surface area contributed by atoms with Gasteiger partial charge in [0, 0.05) is 11.4 Å². The number of nitrogens with zero attached hydrogens (tertiary/aromatic N) is 2. The summed E-state index contributed by atoms with van der Waals surface area (Å²) in [6.07, 6.45) is 0. The lowest BCUT2D eigenvalue weighted by molar-refractivity contribution is 0.601. The maximum atomic E-state index is 12.1. The summed E-state index contributed by atoms with van der Waals surface area (Å²) < 4.78 is 24.1. The second-order valence-corrected chi connectivity index (χ2v) is 10.1. The van der Waals surface area contributed by atoms with Crippen molar-refractivity contribution in [2.24, 2.45) is 4.99 Å². The molecule has 2 atom stereocenters. The zero-order valence-electron chi connectivity index (χ0n) is 14.9. The molecule has 0 spiro atoms. The molecule has 2 aliphatic rings. The second kappa shape index (κ2) is 6.74. The molecule has 26 heavy (non-hydrogen) atoms. The van der Waals surface area contributed by atoms with Gasteiger partial charge in [0.1, 0.15) is 0 Å². The van der Waals surface area contributed by atoms with Gasteiger partial charge in [-0.25, -0.2) is 8.42 Å². The van der Waals surface area contributed by atoms with E-state index in [4.69, 9.17) is 4.99 Å². The molecular weight excluding hydrogens is 364 g/mol. The number of benzene rings is 2. The van der Waals surface area contributed by atoms with Crippen molar-refractivity contribution >= 4 is 32.5 Å². The first kappa shape index (κ1) is 17.6. The van der Waals surface area contributed by atoms with Crippen molar-refractivity contribution in [2.75, 3.05) is 16.4 Å². The van der Waals surface area contributed by atoms with Crippen LogP contribution in [0.2, 0.25) is 0 Å². The van der Waals surface area contributed by atoms with Gasteiger partial charge in [-0.15, -0.1) is 0 Å². The van der Waals surface area contributed by atoms with Crippen LogP contribution in [0.5, 0.6) is 0 Å². The molecule has 1 fully saturated rings. The van der Waals surface area contributed by atoms with Gasteiger partial charge >= 0.3 is 0 Å². The molecule has 6 heteroatoms. The van der Waals surface area contributed by atoms with E-state index in [0.717, 1.165) is 16.6 Å². The Balaban J connectivity index is 1.59. The van der Waals surface area contributed by atoms with E-state index in [1.807, 2.05) is 30.3 Å². The predicted octanol–water partition coefficient (Wildman–Crippen LogP) is 3.58. The Morgan fingerprint density at radius 3 is 2.58 bits per heavy atom. The van der Waals surface area contributed by atoms with E-state index in [1.165, 1.54) is 16.7 Å². The second-order valence-electron chi connectivity index (χ2n) is 7.04. The first-order valence-electron chi connectivity index (χ1n) is 8.74. The van der Waals surface area contributed by atoms with Gasteiger partial charge in [0.05, 0.1) is 23.6 Å². The van der Waals surface area contributed by atoms with Gasteiger partial charge < -0.3 is 4.90 Å². The number of rotatable bonds is 3. The Labute approximate surface area is 159 Å². The minimum absolute atomic E-state index is 0.0790. The minimum Gasteiger partial charge on any atom is -0.315 e. The Morgan fingerprint density at radius 1 is 1.08 bits per heavy atom. The molecule has 2 aliphatic heterocycles. The molecule has 0 bridgehead atoms. The van der Waals surface area contributed by atoms with Crippen molar-refractivity contribution in [1.29, 1.82) is 0 Å². The number of amidine groups is 1. The predicted molar refractivity (Wildman–Crippen MR) is 110 cm³/mol. The van der Waals surface area contributed by atoms with Crippen molar-refractivity contribution in [3.05, 3.63) is 65.2 Å². The van der Waals surface area contributed by atoms with Crippen LogP contribution in [0.4, 0.5) is 5.69 Å². The SMILES string of the molecule is Cc1ccc(CSC2=N[C@@H]3CS(=O)(=O)C[C@H]3N2c2ccccc2)cc1C. The average molecular weight is 387 g/mol. The molecule has 2 aromatic rings. The number of thioether (sulfide) groups is 1. The van der Waals surface area contributed by atoms with Gasteiger partial charge in [-0.05, 0) is 42.7 Å². The quantitative estimate of drug-likeness (QED) is 0.809. The number of para-hydroxylation sites is 1. The first-order valence-corrected chi connectivity index (χ1v) is 11.5. The molecule has 136 valence electrons. The van der Waals surface area contributed by atoms with Crippen molar-refractivity contribution in [3.8, 4) is 0 Å². The molecule has 0 radical (unpaired) electrons. The molecule has 2 aromatic carbocycles. The molecule has 0 unspecified atom stereocenters. The number of anilines is 1. The zero-order valence-corrected chi connectivity index (χ0v) is 16.6. The largest absolute Gasteiger partial charge is 0.315 e. The van der Waals surface area contributed by atoms with Crippen LogP contribution in [0, 0.1) is 13.8 Å². The number of hydrogen-bond acceptors (Lipinski definition) is 5. The van der Waals surface area contributed by atoms with E-state index >= 15 is 0 Å². The smallest absolute Gasteiger partial charge is 0.164 e. The number of fused-ring (bicyclic) bond motifs is 1. The van der Waals surface area contributed by atoms with Gasteiger partial charge in [-0.1, -0.05) is 48.2 Å². The topological polar surface area (TPSA) is 49.7 Å². The Hall–Kier alpha value is -1.79. The Morgan fingerprint density at radius 2 is 1.85 bits per heavy atom. The highest BCUT2D eigenvalue weighted by molar-refractivity contribution is 8.13. The highest BCUT2D eigenvalue weighted by atomic mass is 32.2. The van der Waals surface area contributed by atoms with Crippen LogP contribution < -0.4 is 4.90 Å². The third-order valence-electron chi connectivity index (χ3n) is 5.08. The molecule has 2 heterocycles. The number of sulfone groups is 1. The highest BCUT2D eigenvalue weighted by Gasteiger charge is 2.47. The van der Waals surface area contributed by atoms with Crippen LogP contribution in [0.3, 0.4) is 0 Å². The van der Waals surface area contributed by atoms with Crippen LogP contribution in [0.1, 0.15) is 16.7 Å². The third kappa shape index (κ3) is 3.40. The van der Waals surface area contributed by atoms with Gasteiger partial charge in [0.2, 0.25) is 0 Å². The summed E-state index contributed by atoms with van der Waals surface area (Å²) in [5, 5.41) is 0.930. The maximum Gasteiger partial charge on any atom is 0.164 e. The molecular formula is C20H22N2O2S2. The lowest BCUT2D eigenvalue weighted by Crippen LogP contribution is -2.39. The fraction of sp³-hybridized carbons (Fsp3) is 0.350. The van der Waals surface area contributed by atoms with Crippen LogP contribution >= 0.6 is 11.8 Å². The van der Waals surface area contributed by atoms with Crippen molar-refractivity contribution in [1.82, 2.24) is 0 Å². The standard InChI is InChI=1S/C20H22N2O2S2/c1-14-8-9-16(10-15(14)2)11-25-20-21-18-12-26(23,24)13-19(18)22(20)17-6-4-3-5-7-17/h3-10,18-19H,11-13H2,1-2H3/t18-,19-/m1/s1. The lowest BCUT2D eigenvalue weighted by atomic mass is 10.1. The van der Waals surface area contributed by atoms with Crippen LogP contribution in [-0.2, 0) is 15.6 Å². The highest BCUT2D eigenvalue weighted by Crippen LogP contribution is 2.35. The number of aliphatic imine (C=N–C) groups is 1. The average Bonchev–Trinajstić information content (AvgIpc) is 3.07. The van der Waals surface area contributed by atoms with Gasteiger partial charge in [0.15, 0.2) is 15.0 Å². The van der Waals surface area contributed by atoms with Crippen molar-refractivity contribution in [3.63, 3.8) is 0 Å². The minimum atomic E-state index is -3.01. The van der Waals surface area contributed by atoms with Gasteiger partial charge in [-0.3, -0.25) is 4.99 Å².